The summed E-state index contributed by atoms with van der Waals surface area (Å²) < 4.78 is 5.94. The van der Waals surface area contributed by atoms with Crippen LogP contribution in [0.25, 0.3) is 0 Å². The standard InChI is InChI=1S/C11H13BrN2O4/c1-3-9(11(13)15)18-10-6(2)4-7(12)5-8(10)14(16)17/h4-5,9H,3H2,1-2H3,(H2,13,15). The molecule has 6 nitrogen and oxygen atoms in total. The summed E-state index contributed by atoms with van der Waals surface area (Å²) in [5.41, 5.74) is 5.53. The maximum Gasteiger partial charge on any atom is 0.312 e. The molecule has 0 aliphatic heterocycles. The lowest BCUT2D eigenvalue weighted by molar-refractivity contribution is -0.386. The number of primary amides is 1. The molecule has 2 N–H and O–H groups in total. The van der Waals surface area contributed by atoms with Crippen LogP contribution in [0.4, 0.5) is 5.69 Å². The number of halogens is 1. The van der Waals surface area contributed by atoms with Crippen LogP contribution in [0.15, 0.2) is 16.6 Å². The number of hydrogen-bond donors (Lipinski definition) is 1. The van der Waals surface area contributed by atoms with E-state index in [2.05, 4.69) is 15.9 Å². The van der Waals surface area contributed by atoms with Gasteiger partial charge in [0.2, 0.25) is 5.75 Å². The van der Waals surface area contributed by atoms with Crippen LogP contribution in [0.2, 0.25) is 0 Å². The van der Waals surface area contributed by atoms with Crippen molar-refractivity contribution >= 4 is 27.5 Å². The monoisotopic (exact) mass is 316 g/mol. The first kappa shape index (κ1) is 14.4. The van der Waals surface area contributed by atoms with Crippen molar-refractivity contribution < 1.29 is 14.5 Å². The fourth-order valence-corrected chi connectivity index (χ4v) is 2.05. The number of nitrogens with zero attached hydrogens (tertiary/aromatic N) is 1. The smallest absolute Gasteiger partial charge is 0.312 e. The van der Waals surface area contributed by atoms with Crippen LogP contribution < -0.4 is 10.5 Å². The van der Waals surface area contributed by atoms with E-state index in [9.17, 15) is 14.9 Å². The Balaban J connectivity index is 3.22. The van der Waals surface area contributed by atoms with Gasteiger partial charge in [0.05, 0.1) is 4.92 Å². The van der Waals surface area contributed by atoms with Crippen LogP contribution in [0.3, 0.4) is 0 Å². The van der Waals surface area contributed by atoms with Gasteiger partial charge in [0.15, 0.2) is 6.10 Å². The quantitative estimate of drug-likeness (QED) is 0.666. The van der Waals surface area contributed by atoms with Gasteiger partial charge in [-0.1, -0.05) is 22.9 Å². The Kier molecular flexibility index (Phi) is 4.66. The highest BCUT2D eigenvalue weighted by Gasteiger charge is 2.24. The molecule has 1 aromatic carbocycles. The molecule has 98 valence electrons. The van der Waals surface area contributed by atoms with E-state index in [0.717, 1.165) is 0 Å². The fraction of sp³-hybridized carbons (Fsp3) is 0.364. The van der Waals surface area contributed by atoms with E-state index < -0.39 is 16.9 Å². The maximum atomic E-state index is 11.1. The number of aryl methyl sites for hydroxylation is 1. The second-order valence-corrected chi connectivity index (χ2v) is 4.66. The molecule has 0 bridgehead atoms. The van der Waals surface area contributed by atoms with Gasteiger partial charge >= 0.3 is 5.69 Å². The van der Waals surface area contributed by atoms with Crippen LogP contribution in [-0.2, 0) is 4.79 Å². The van der Waals surface area contributed by atoms with Crippen molar-refractivity contribution in [3.63, 3.8) is 0 Å². The molecule has 1 atom stereocenters. The Morgan fingerprint density at radius 1 is 1.61 bits per heavy atom. The maximum absolute atomic E-state index is 11.1. The number of carbonyl (C=O) groups excluding carboxylic acids is 1. The topological polar surface area (TPSA) is 95.5 Å². The first-order chi connectivity index (χ1) is 8.36. The number of carbonyl (C=O) groups is 1. The lowest BCUT2D eigenvalue weighted by Gasteiger charge is -2.16. The molecule has 0 aliphatic carbocycles. The highest BCUT2D eigenvalue weighted by atomic mass is 79.9. The predicted molar refractivity (Wildman–Crippen MR) is 69.4 cm³/mol. The minimum Gasteiger partial charge on any atom is -0.473 e. The zero-order chi connectivity index (χ0) is 13.9. The Morgan fingerprint density at radius 2 is 2.22 bits per heavy atom. The van der Waals surface area contributed by atoms with E-state index in [1.165, 1.54) is 6.07 Å². The van der Waals surface area contributed by atoms with E-state index in [4.69, 9.17) is 10.5 Å². The molecule has 1 unspecified atom stereocenters. The van der Waals surface area contributed by atoms with Gasteiger partial charge in [-0.3, -0.25) is 14.9 Å². The molecule has 0 spiro atoms. The Morgan fingerprint density at radius 3 is 2.67 bits per heavy atom. The Hall–Kier alpha value is -1.63. The van der Waals surface area contributed by atoms with Crippen LogP contribution in [0.1, 0.15) is 18.9 Å². The largest absolute Gasteiger partial charge is 0.473 e. The summed E-state index contributed by atoms with van der Waals surface area (Å²) in [6.45, 7) is 3.39. The summed E-state index contributed by atoms with van der Waals surface area (Å²) in [7, 11) is 0. The molecule has 1 amide bonds. The molecule has 0 aromatic heterocycles. The fourth-order valence-electron chi connectivity index (χ4n) is 1.49. The van der Waals surface area contributed by atoms with Gasteiger partial charge in [-0.2, -0.15) is 0 Å². The van der Waals surface area contributed by atoms with Gasteiger partial charge in [0.25, 0.3) is 5.91 Å². The normalized spacial score (nSPS) is 11.9. The van der Waals surface area contributed by atoms with Crippen molar-refractivity contribution in [3.05, 3.63) is 32.3 Å². The molecule has 0 heterocycles. The summed E-state index contributed by atoms with van der Waals surface area (Å²) in [5.74, 6) is -0.567. The number of rotatable bonds is 5. The van der Waals surface area contributed by atoms with Gasteiger partial charge in [0.1, 0.15) is 0 Å². The third-order valence-corrected chi connectivity index (χ3v) is 2.82. The first-order valence-corrected chi connectivity index (χ1v) is 6.06. The molecule has 1 aromatic rings. The molecular weight excluding hydrogens is 304 g/mol. The molecule has 7 heteroatoms. The summed E-state index contributed by atoms with van der Waals surface area (Å²) in [6, 6.07) is 3.01. The number of ether oxygens (including phenoxy) is 1. The molecular formula is C11H13BrN2O4. The van der Waals surface area contributed by atoms with Crippen LogP contribution in [0, 0.1) is 17.0 Å². The molecule has 0 aliphatic rings. The van der Waals surface area contributed by atoms with Crippen molar-refractivity contribution in [2.24, 2.45) is 5.73 Å². The summed E-state index contributed by atoms with van der Waals surface area (Å²) >= 11 is 3.18. The van der Waals surface area contributed by atoms with Gasteiger partial charge in [-0.25, -0.2) is 0 Å². The minimum atomic E-state index is -0.872. The zero-order valence-corrected chi connectivity index (χ0v) is 11.6. The molecule has 0 fully saturated rings. The van der Waals surface area contributed by atoms with E-state index in [-0.39, 0.29) is 11.4 Å². The molecule has 0 saturated heterocycles. The zero-order valence-electron chi connectivity index (χ0n) is 9.97. The average molecular weight is 317 g/mol. The number of amides is 1. The summed E-state index contributed by atoms with van der Waals surface area (Å²) in [4.78, 5) is 21.5. The van der Waals surface area contributed by atoms with Gasteiger partial charge < -0.3 is 10.5 Å². The van der Waals surface area contributed by atoms with E-state index in [0.29, 0.717) is 16.5 Å². The van der Waals surface area contributed by atoms with Crippen molar-refractivity contribution in [1.29, 1.82) is 0 Å². The van der Waals surface area contributed by atoms with E-state index in [1.807, 2.05) is 0 Å². The molecule has 0 saturated carbocycles. The lowest BCUT2D eigenvalue weighted by atomic mass is 10.2. The van der Waals surface area contributed by atoms with Gasteiger partial charge in [-0.05, 0) is 25.0 Å². The van der Waals surface area contributed by atoms with Crippen molar-refractivity contribution in [3.8, 4) is 5.75 Å². The van der Waals surface area contributed by atoms with Crippen molar-refractivity contribution in [2.45, 2.75) is 26.4 Å². The highest BCUT2D eigenvalue weighted by molar-refractivity contribution is 9.10. The van der Waals surface area contributed by atoms with Crippen molar-refractivity contribution in [1.82, 2.24) is 0 Å². The molecule has 0 radical (unpaired) electrons. The number of nitro benzene ring substituents is 1. The number of nitro groups is 1. The third-order valence-electron chi connectivity index (χ3n) is 2.36. The Bertz CT molecular complexity index is 490. The van der Waals surface area contributed by atoms with Gasteiger partial charge in [0, 0.05) is 10.5 Å². The third kappa shape index (κ3) is 3.19. The van der Waals surface area contributed by atoms with Crippen LogP contribution >= 0.6 is 15.9 Å². The lowest BCUT2D eigenvalue weighted by Crippen LogP contribution is -2.33. The molecule has 18 heavy (non-hydrogen) atoms. The Labute approximate surface area is 112 Å². The van der Waals surface area contributed by atoms with E-state index in [1.54, 1.807) is 19.9 Å². The van der Waals surface area contributed by atoms with Gasteiger partial charge in [-0.15, -0.1) is 0 Å². The number of hydrogen-bond acceptors (Lipinski definition) is 4. The summed E-state index contributed by atoms with van der Waals surface area (Å²) in [5, 5.41) is 11.0. The number of benzene rings is 1. The van der Waals surface area contributed by atoms with Crippen LogP contribution in [-0.4, -0.2) is 16.9 Å². The average Bonchev–Trinajstić information content (AvgIpc) is 2.26. The molecule has 1 rings (SSSR count). The van der Waals surface area contributed by atoms with Crippen molar-refractivity contribution in [2.75, 3.05) is 0 Å². The minimum absolute atomic E-state index is 0.0776. The van der Waals surface area contributed by atoms with E-state index >= 15 is 0 Å². The first-order valence-electron chi connectivity index (χ1n) is 5.27. The number of nitrogens with two attached hydrogens (primary N) is 1. The summed E-state index contributed by atoms with van der Waals surface area (Å²) in [6.07, 6.45) is -0.522. The predicted octanol–water partition coefficient (Wildman–Crippen LogP) is 2.31. The second-order valence-electron chi connectivity index (χ2n) is 3.75. The van der Waals surface area contributed by atoms with Crippen LogP contribution in [0.5, 0.6) is 5.75 Å². The second kappa shape index (κ2) is 5.81. The highest BCUT2D eigenvalue weighted by Crippen LogP contribution is 2.35. The SMILES string of the molecule is CCC(Oc1c(C)cc(Br)cc1[N+](=O)[O-])C(N)=O.